The SMILES string of the molecule is CC(NCCCCCC(=O)Nc1ccccc1)C(S)c1ccccc1. The van der Waals surface area contributed by atoms with Crippen LogP contribution in [0.25, 0.3) is 0 Å². The van der Waals surface area contributed by atoms with E-state index in [1.165, 1.54) is 5.56 Å². The summed E-state index contributed by atoms with van der Waals surface area (Å²) in [5, 5.41) is 6.64. The number of carbonyl (C=O) groups is 1. The fourth-order valence-corrected chi connectivity index (χ4v) is 2.99. The maximum atomic E-state index is 11.9. The van der Waals surface area contributed by atoms with Gasteiger partial charge in [-0.05, 0) is 44.0 Å². The van der Waals surface area contributed by atoms with Crippen LogP contribution < -0.4 is 10.6 Å². The standard InChI is InChI=1S/C21H28N2OS/c1-17(21(25)18-11-5-2-6-12-18)22-16-10-4-9-15-20(24)23-19-13-7-3-8-14-19/h2-3,5-8,11-14,17,21-22,25H,4,9-10,15-16H2,1H3,(H,23,24). The second-order valence-corrected chi connectivity index (χ2v) is 6.88. The molecule has 2 unspecified atom stereocenters. The highest BCUT2D eigenvalue weighted by Crippen LogP contribution is 2.23. The Bertz CT molecular complexity index is 618. The van der Waals surface area contributed by atoms with Crippen LogP contribution in [-0.2, 0) is 4.79 Å². The van der Waals surface area contributed by atoms with E-state index in [4.69, 9.17) is 12.6 Å². The summed E-state index contributed by atoms with van der Waals surface area (Å²) < 4.78 is 0. The Morgan fingerprint density at radius 3 is 2.28 bits per heavy atom. The van der Waals surface area contributed by atoms with Gasteiger partial charge in [0.1, 0.15) is 0 Å². The van der Waals surface area contributed by atoms with Crippen LogP contribution in [0, 0.1) is 0 Å². The third-order valence-corrected chi connectivity index (χ3v) is 4.96. The maximum absolute atomic E-state index is 11.9. The molecule has 2 rings (SSSR count). The average molecular weight is 357 g/mol. The summed E-state index contributed by atoms with van der Waals surface area (Å²) in [5.74, 6) is 0.0898. The summed E-state index contributed by atoms with van der Waals surface area (Å²) in [6, 6.07) is 20.3. The predicted octanol–water partition coefficient (Wildman–Crippen LogP) is 4.83. The van der Waals surface area contributed by atoms with Crippen molar-refractivity contribution >= 4 is 24.2 Å². The molecule has 2 N–H and O–H groups in total. The average Bonchev–Trinajstić information content (AvgIpc) is 2.65. The zero-order chi connectivity index (χ0) is 17.9. The van der Waals surface area contributed by atoms with Crippen LogP contribution in [0.2, 0.25) is 0 Å². The van der Waals surface area contributed by atoms with Gasteiger partial charge in [-0.25, -0.2) is 0 Å². The number of rotatable bonds is 10. The van der Waals surface area contributed by atoms with Gasteiger partial charge in [-0.2, -0.15) is 12.6 Å². The summed E-state index contributed by atoms with van der Waals surface area (Å²) in [7, 11) is 0. The zero-order valence-electron chi connectivity index (χ0n) is 14.8. The van der Waals surface area contributed by atoms with Crippen molar-refractivity contribution < 1.29 is 4.79 Å². The lowest BCUT2D eigenvalue weighted by molar-refractivity contribution is -0.116. The molecule has 2 aromatic carbocycles. The first-order valence-electron chi connectivity index (χ1n) is 8.98. The quantitative estimate of drug-likeness (QED) is 0.421. The van der Waals surface area contributed by atoms with E-state index in [0.717, 1.165) is 31.5 Å². The molecule has 2 atom stereocenters. The number of nitrogens with one attached hydrogen (secondary N) is 2. The number of unbranched alkanes of at least 4 members (excludes halogenated alkanes) is 2. The molecule has 4 heteroatoms. The van der Waals surface area contributed by atoms with Crippen molar-refractivity contribution in [2.45, 2.75) is 43.9 Å². The van der Waals surface area contributed by atoms with Gasteiger partial charge in [0.25, 0.3) is 0 Å². The number of carbonyl (C=O) groups excluding carboxylic acids is 1. The number of hydrogen-bond acceptors (Lipinski definition) is 3. The van der Waals surface area contributed by atoms with Gasteiger partial charge in [-0.15, -0.1) is 0 Å². The zero-order valence-corrected chi connectivity index (χ0v) is 15.7. The Hall–Kier alpha value is -1.78. The summed E-state index contributed by atoms with van der Waals surface area (Å²) in [6.07, 6.45) is 3.60. The molecule has 0 heterocycles. The Kier molecular flexibility index (Phi) is 8.56. The lowest BCUT2D eigenvalue weighted by atomic mass is 10.1. The van der Waals surface area contributed by atoms with Crippen molar-refractivity contribution in [3.05, 3.63) is 66.2 Å². The normalized spacial score (nSPS) is 13.2. The minimum Gasteiger partial charge on any atom is -0.326 e. The molecule has 1 amide bonds. The van der Waals surface area contributed by atoms with Gasteiger partial charge in [0.05, 0.1) is 0 Å². The molecule has 0 aliphatic carbocycles. The van der Waals surface area contributed by atoms with Gasteiger partial charge in [0.15, 0.2) is 0 Å². The van der Waals surface area contributed by atoms with E-state index in [-0.39, 0.29) is 11.2 Å². The first kappa shape index (κ1) is 19.5. The number of anilines is 1. The third kappa shape index (κ3) is 7.32. The summed E-state index contributed by atoms with van der Waals surface area (Å²) >= 11 is 4.72. The Morgan fingerprint density at radius 1 is 0.960 bits per heavy atom. The Labute approximate surface area is 156 Å². The van der Waals surface area contributed by atoms with Crippen LogP contribution in [0.3, 0.4) is 0 Å². The van der Waals surface area contributed by atoms with Crippen LogP contribution in [0.4, 0.5) is 5.69 Å². The molecule has 0 radical (unpaired) electrons. The first-order chi connectivity index (χ1) is 12.2. The number of thiol groups is 1. The smallest absolute Gasteiger partial charge is 0.224 e. The highest BCUT2D eigenvalue weighted by molar-refractivity contribution is 7.80. The van der Waals surface area contributed by atoms with Crippen molar-refractivity contribution in [2.75, 3.05) is 11.9 Å². The van der Waals surface area contributed by atoms with Crippen LogP contribution >= 0.6 is 12.6 Å². The van der Waals surface area contributed by atoms with Crippen molar-refractivity contribution in [3.8, 4) is 0 Å². The van der Waals surface area contributed by atoms with Crippen molar-refractivity contribution in [1.82, 2.24) is 5.32 Å². The number of amides is 1. The fourth-order valence-electron chi connectivity index (χ4n) is 2.71. The van der Waals surface area contributed by atoms with E-state index < -0.39 is 0 Å². The minimum atomic E-state index is 0.0898. The number of benzene rings is 2. The molecular weight excluding hydrogens is 328 g/mol. The van der Waals surface area contributed by atoms with Crippen molar-refractivity contribution in [1.29, 1.82) is 0 Å². The van der Waals surface area contributed by atoms with E-state index in [1.807, 2.05) is 48.5 Å². The summed E-state index contributed by atoms with van der Waals surface area (Å²) in [6.45, 7) is 3.11. The largest absolute Gasteiger partial charge is 0.326 e. The van der Waals surface area contributed by atoms with E-state index in [0.29, 0.717) is 12.5 Å². The van der Waals surface area contributed by atoms with Crippen LogP contribution in [0.5, 0.6) is 0 Å². The first-order valence-corrected chi connectivity index (χ1v) is 9.50. The van der Waals surface area contributed by atoms with Crippen molar-refractivity contribution in [2.24, 2.45) is 0 Å². The van der Waals surface area contributed by atoms with Gasteiger partial charge in [0.2, 0.25) is 5.91 Å². The molecule has 0 saturated carbocycles. The van der Waals surface area contributed by atoms with Crippen LogP contribution in [0.1, 0.15) is 43.4 Å². The molecule has 0 spiro atoms. The molecule has 0 fully saturated rings. The van der Waals surface area contributed by atoms with Gasteiger partial charge < -0.3 is 10.6 Å². The van der Waals surface area contributed by atoms with Crippen LogP contribution in [-0.4, -0.2) is 18.5 Å². The molecular formula is C21H28N2OS. The monoisotopic (exact) mass is 356 g/mol. The van der Waals surface area contributed by atoms with Gasteiger partial charge in [-0.3, -0.25) is 4.79 Å². The van der Waals surface area contributed by atoms with Crippen molar-refractivity contribution in [3.63, 3.8) is 0 Å². The Balaban J connectivity index is 1.55. The molecule has 0 saturated heterocycles. The summed E-state index contributed by atoms with van der Waals surface area (Å²) in [4.78, 5) is 11.9. The lowest BCUT2D eigenvalue weighted by Gasteiger charge is -2.21. The predicted molar refractivity (Wildman–Crippen MR) is 109 cm³/mol. The fraction of sp³-hybridized carbons (Fsp3) is 0.381. The van der Waals surface area contributed by atoms with Gasteiger partial charge >= 0.3 is 0 Å². The maximum Gasteiger partial charge on any atom is 0.224 e. The molecule has 0 bridgehead atoms. The molecule has 2 aromatic rings. The molecule has 0 aliphatic rings. The Morgan fingerprint density at radius 2 is 1.60 bits per heavy atom. The lowest BCUT2D eigenvalue weighted by Crippen LogP contribution is -2.30. The molecule has 25 heavy (non-hydrogen) atoms. The van der Waals surface area contributed by atoms with Gasteiger partial charge in [0, 0.05) is 23.4 Å². The van der Waals surface area contributed by atoms with E-state index in [2.05, 4.69) is 29.7 Å². The second kappa shape index (κ2) is 11.0. The van der Waals surface area contributed by atoms with E-state index in [9.17, 15) is 4.79 Å². The highest BCUT2D eigenvalue weighted by Gasteiger charge is 2.13. The van der Waals surface area contributed by atoms with E-state index in [1.54, 1.807) is 0 Å². The minimum absolute atomic E-state index is 0.0898. The van der Waals surface area contributed by atoms with Crippen LogP contribution in [0.15, 0.2) is 60.7 Å². The molecule has 0 aliphatic heterocycles. The highest BCUT2D eigenvalue weighted by atomic mass is 32.1. The number of hydrogen-bond donors (Lipinski definition) is 3. The van der Waals surface area contributed by atoms with E-state index >= 15 is 0 Å². The second-order valence-electron chi connectivity index (χ2n) is 6.32. The molecule has 3 nitrogen and oxygen atoms in total. The third-order valence-electron chi connectivity index (χ3n) is 4.22. The topological polar surface area (TPSA) is 41.1 Å². The van der Waals surface area contributed by atoms with Gasteiger partial charge in [-0.1, -0.05) is 55.0 Å². The summed E-state index contributed by atoms with van der Waals surface area (Å²) in [5.41, 5.74) is 2.10. The molecule has 134 valence electrons. The number of para-hydroxylation sites is 1. The molecule has 0 aromatic heterocycles.